The lowest BCUT2D eigenvalue weighted by atomic mass is 9.97. The molecule has 0 fully saturated rings. The largest absolute Gasteiger partial charge is 0.456 e. The van der Waals surface area contributed by atoms with E-state index in [4.69, 9.17) is 23.5 Å². The summed E-state index contributed by atoms with van der Waals surface area (Å²) in [7, 11) is 0. The lowest BCUT2D eigenvalue weighted by molar-refractivity contribution is 0.669. The zero-order chi connectivity index (χ0) is 44.5. The molecule has 9 aromatic carbocycles. The predicted octanol–water partition coefficient (Wildman–Crippen LogP) is 14.9. The second kappa shape index (κ2) is 14.7. The van der Waals surface area contributed by atoms with E-state index in [1.54, 1.807) is 0 Å². The zero-order valence-electron chi connectivity index (χ0n) is 37.2. The third kappa shape index (κ3) is 6.14. The Kier molecular flexibility index (Phi) is 7.47. The Hall–Kier alpha value is -8.41. The third-order valence-corrected chi connectivity index (χ3v) is 11.6. The molecular weight excluding hydrogens is 757 g/mol. The number of nitrogens with zero attached hydrogens (tertiary/aromatic N) is 4. The van der Waals surface area contributed by atoms with Crippen LogP contribution in [0.4, 0.5) is 0 Å². The summed E-state index contributed by atoms with van der Waals surface area (Å²) in [6.45, 7) is 0. The molecular formula is C57H36N4O. The first-order valence-corrected chi connectivity index (χ1v) is 20.5. The summed E-state index contributed by atoms with van der Waals surface area (Å²) in [4.78, 5) is 15.2. The van der Waals surface area contributed by atoms with Crippen molar-refractivity contribution in [2.45, 2.75) is 0 Å². The molecule has 0 aliphatic carbocycles. The summed E-state index contributed by atoms with van der Waals surface area (Å²) in [5.41, 5.74) is 12.0. The van der Waals surface area contributed by atoms with Crippen LogP contribution in [0, 0.1) is 0 Å². The van der Waals surface area contributed by atoms with Crippen LogP contribution in [0.15, 0.2) is 223 Å². The average molecular weight is 797 g/mol. The van der Waals surface area contributed by atoms with E-state index in [0.29, 0.717) is 28.4 Å². The lowest BCUT2D eigenvalue weighted by Gasteiger charge is -2.13. The quantitative estimate of drug-likeness (QED) is 0.161. The smallest absolute Gasteiger partial charge is 0.164 e. The van der Waals surface area contributed by atoms with Crippen LogP contribution in [-0.4, -0.2) is 19.5 Å². The zero-order valence-corrected chi connectivity index (χ0v) is 33.2. The molecule has 0 aliphatic rings. The highest BCUT2D eigenvalue weighted by Crippen LogP contribution is 2.40. The van der Waals surface area contributed by atoms with Gasteiger partial charge in [-0.25, -0.2) is 15.0 Å². The molecule has 0 radical (unpaired) electrons. The van der Waals surface area contributed by atoms with Crippen molar-refractivity contribution in [3.63, 3.8) is 0 Å². The van der Waals surface area contributed by atoms with Crippen molar-refractivity contribution in [3.8, 4) is 73.2 Å². The van der Waals surface area contributed by atoms with Crippen molar-refractivity contribution >= 4 is 43.7 Å². The molecule has 0 saturated carbocycles. The summed E-state index contributed by atoms with van der Waals surface area (Å²) in [5.74, 6) is 1.49. The normalized spacial score (nSPS) is 12.5. The second-order valence-electron chi connectivity index (χ2n) is 15.3. The molecule has 0 saturated heterocycles. The molecule has 0 aliphatic heterocycles. The van der Waals surface area contributed by atoms with Crippen LogP contribution < -0.4 is 0 Å². The van der Waals surface area contributed by atoms with Crippen LogP contribution in [0.3, 0.4) is 0 Å². The van der Waals surface area contributed by atoms with E-state index < -0.39 is 0 Å². The fourth-order valence-corrected chi connectivity index (χ4v) is 8.58. The molecule has 0 atom stereocenters. The fraction of sp³-hybridized carbons (Fsp3) is 0. The number of hydrogen-bond acceptors (Lipinski definition) is 4. The molecule has 5 nitrogen and oxygen atoms in total. The van der Waals surface area contributed by atoms with Gasteiger partial charge in [0.05, 0.1) is 16.5 Å². The summed E-state index contributed by atoms with van der Waals surface area (Å²) < 4.78 is 44.1. The number of para-hydroxylation sites is 3. The number of fused-ring (bicyclic) bond motifs is 6. The number of benzene rings is 9. The van der Waals surface area contributed by atoms with Crippen LogP contribution in [0.2, 0.25) is 0 Å². The van der Waals surface area contributed by atoms with Crippen molar-refractivity contribution < 1.29 is 9.90 Å². The van der Waals surface area contributed by atoms with Crippen LogP contribution in [0.1, 0.15) is 5.48 Å². The highest BCUT2D eigenvalue weighted by molar-refractivity contribution is 6.14. The Morgan fingerprint density at radius 3 is 1.66 bits per heavy atom. The summed E-state index contributed by atoms with van der Waals surface area (Å²) in [5, 5.41) is 3.25. The summed E-state index contributed by atoms with van der Waals surface area (Å²) in [6.07, 6.45) is 0. The topological polar surface area (TPSA) is 56.7 Å². The van der Waals surface area contributed by atoms with Gasteiger partial charge in [0.1, 0.15) is 11.2 Å². The van der Waals surface area contributed by atoms with Crippen molar-refractivity contribution in [2.75, 3.05) is 0 Å². The molecule has 62 heavy (non-hydrogen) atoms. The van der Waals surface area contributed by atoms with E-state index in [1.165, 1.54) is 0 Å². The molecule has 0 unspecified atom stereocenters. The highest BCUT2D eigenvalue weighted by atomic mass is 16.3. The number of rotatable bonds is 7. The second-order valence-corrected chi connectivity index (χ2v) is 15.3. The SMILES string of the molecule is [2H]c1c([2H])c([2H])c2c(c1[2H])c1cccc(-c3cccc(-c4ccccc4)c3)c1n2-c1ccc(-c2nc(-c3ccc(-c4ccccc4)cc3)nc(-c3ccc4c(c3)oc3ccccc34)n2)cc1. The average Bonchev–Trinajstić information content (AvgIpc) is 3.94. The first kappa shape index (κ1) is 31.5. The van der Waals surface area contributed by atoms with Crippen LogP contribution >= 0.6 is 0 Å². The van der Waals surface area contributed by atoms with E-state index >= 15 is 0 Å². The minimum Gasteiger partial charge on any atom is -0.456 e. The maximum atomic E-state index is 9.26. The highest BCUT2D eigenvalue weighted by Gasteiger charge is 2.19. The first-order chi connectivity index (χ1) is 32.4. The van der Waals surface area contributed by atoms with Crippen LogP contribution in [0.25, 0.3) is 117 Å². The molecule has 12 rings (SSSR count). The van der Waals surface area contributed by atoms with Gasteiger partial charge in [0.15, 0.2) is 17.5 Å². The van der Waals surface area contributed by atoms with Gasteiger partial charge < -0.3 is 8.98 Å². The van der Waals surface area contributed by atoms with Gasteiger partial charge in [0.2, 0.25) is 0 Å². The van der Waals surface area contributed by atoms with Gasteiger partial charge in [-0.3, -0.25) is 0 Å². The molecule has 290 valence electrons. The summed E-state index contributed by atoms with van der Waals surface area (Å²) >= 11 is 0. The number of aromatic nitrogens is 4. The maximum Gasteiger partial charge on any atom is 0.164 e. The predicted molar refractivity (Wildman–Crippen MR) is 254 cm³/mol. The van der Waals surface area contributed by atoms with Gasteiger partial charge in [0.25, 0.3) is 0 Å². The van der Waals surface area contributed by atoms with Crippen LogP contribution in [0.5, 0.6) is 0 Å². The van der Waals surface area contributed by atoms with Gasteiger partial charge in [-0.1, -0.05) is 164 Å². The van der Waals surface area contributed by atoms with Gasteiger partial charge in [-0.2, -0.15) is 0 Å². The monoisotopic (exact) mass is 796 g/mol. The van der Waals surface area contributed by atoms with Crippen molar-refractivity contribution in [3.05, 3.63) is 218 Å². The fourth-order valence-electron chi connectivity index (χ4n) is 8.58. The van der Waals surface area contributed by atoms with E-state index in [0.717, 1.165) is 88.6 Å². The molecule has 0 bridgehead atoms. The lowest BCUT2D eigenvalue weighted by Crippen LogP contribution is -2.01. The number of hydrogen-bond donors (Lipinski definition) is 0. The van der Waals surface area contributed by atoms with E-state index in [-0.39, 0.29) is 24.2 Å². The molecule has 0 spiro atoms. The Morgan fingerprint density at radius 2 is 0.903 bits per heavy atom. The number of furan rings is 1. The minimum atomic E-state index is -0.288. The standard InChI is InChI=1S/C57H36N4O/c1-3-13-37(14-4-1)39-25-27-40(28-26-39)55-58-56(60-57(59-55)44-31-34-49-48-20-8-10-24-52(48)62-53(49)36-44)41-29-32-45(33-30-41)61-51-23-9-7-19-47(51)50-22-12-21-46(54(50)61)43-18-11-17-42(35-43)38-15-5-2-6-16-38/h1-36H/i7D,9D,19D,23D. The van der Waals surface area contributed by atoms with Crippen molar-refractivity contribution in [2.24, 2.45) is 0 Å². The Balaban J connectivity index is 1.02. The molecule has 5 heteroatoms. The summed E-state index contributed by atoms with van der Waals surface area (Å²) in [6, 6.07) is 64.1. The van der Waals surface area contributed by atoms with Crippen molar-refractivity contribution in [1.82, 2.24) is 19.5 Å². The van der Waals surface area contributed by atoms with Crippen LogP contribution in [-0.2, 0) is 0 Å². The Morgan fingerprint density at radius 1 is 0.371 bits per heavy atom. The van der Waals surface area contributed by atoms with Gasteiger partial charge in [-0.15, -0.1) is 0 Å². The molecule has 12 aromatic rings. The van der Waals surface area contributed by atoms with E-state index in [2.05, 4.69) is 72.8 Å². The molecule has 0 amide bonds. The maximum absolute atomic E-state index is 9.26. The third-order valence-electron chi connectivity index (χ3n) is 11.6. The minimum absolute atomic E-state index is 0.0792. The molecule has 3 aromatic heterocycles. The molecule has 3 heterocycles. The Labute approximate surface area is 363 Å². The molecule has 0 N–H and O–H groups in total. The Bertz CT molecular complexity index is 3850. The first-order valence-electron chi connectivity index (χ1n) is 22.5. The van der Waals surface area contributed by atoms with Gasteiger partial charge >= 0.3 is 0 Å². The van der Waals surface area contributed by atoms with E-state index in [1.807, 2.05) is 126 Å². The van der Waals surface area contributed by atoms with Gasteiger partial charge in [0, 0.05) is 49.5 Å². The van der Waals surface area contributed by atoms with Crippen molar-refractivity contribution in [1.29, 1.82) is 0 Å². The van der Waals surface area contributed by atoms with E-state index in [9.17, 15) is 1.37 Å². The van der Waals surface area contributed by atoms with Gasteiger partial charge in [-0.05, 0) is 82.4 Å².